The van der Waals surface area contributed by atoms with Crippen LogP contribution >= 0.6 is 0 Å². The van der Waals surface area contributed by atoms with Gasteiger partial charge in [-0.25, -0.2) is 0 Å². The second-order valence-corrected chi connectivity index (χ2v) is 6.87. The summed E-state index contributed by atoms with van der Waals surface area (Å²) in [5.74, 6) is 1.91. The van der Waals surface area contributed by atoms with E-state index in [1.165, 1.54) is 16.7 Å². The van der Waals surface area contributed by atoms with Gasteiger partial charge in [0.25, 0.3) is 0 Å². The highest BCUT2D eigenvalue weighted by molar-refractivity contribution is 5.84. The van der Waals surface area contributed by atoms with Crippen molar-refractivity contribution in [1.29, 1.82) is 0 Å². The van der Waals surface area contributed by atoms with Crippen LogP contribution in [-0.2, 0) is 24.1 Å². The molecule has 1 aliphatic heterocycles. The monoisotopic (exact) mass is 364 g/mol. The predicted molar refractivity (Wildman–Crippen MR) is 106 cm³/mol. The van der Waals surface area contributed by atoms with E-state index in [9.17, 15) is 4.79 Å². The third-order valence-corrected chi connectivity index (χ3v) is 5.09. The smallest absolute Gasteiger partial charge is 0.220 e. The minimum Gasteiger partial charge on any atom is -0.497 e. The van der Waals surface area contributed by atoms with Gasteiger partial charge in [0.15, 0.2) is 0 Å². The Labute approximate surface area is 158 Å². The minimum absolute atomic E-state index is 0.0872. The molecule has 2 aromatic carbocycles. The second kappa shape index (κ2) is 7.74. The molecule has 1 amide bonds. The van der Waals surface area contributed by atoms with Crippen LogP contribution in [0, 0.1) is 0 Å². The zero-order chi connectivity index (χ0) is 18.6. The maximum atomic E-state index is 12.2. The zero-order valence-electron chi connectivity index (χ0n) is 15.5. The van der Waals surface area contributed by atoms with E-state index in [1.54, 1.807) is 7.11 Å². The topological polar surface area (TPSA) is 63.3 Å². The first-order chi connectivity index (χ1) is 13.2. The van der Waals surface area contributed by atoms with Crippen molar-refractivity contribution in [3.05, 3.63) is 59.3 Å². The van der Waals surface area contributed by atoms with Gasteiger partial charge in [-0.2, -0.15) is 0 Å². The number of H-pyrrole nitrogens is 1. The molecule has 0 atom stereocenters. The molecule has 140 valence electrons. The van der Waals surface area contributed by atoms with Crippen molar-refractivity contribution in [2.75, 3.05) is 20.3 Å². The van der Waals surface area contributed by atoms with Crippen molar-refractivity contribution in [3.63, 3.8) is 0 Å². The third-order valence-electron chi connectivity index (χ3n) is 5.09. The number of aryl methyl sites for hydroxylation is 1. The van der Waals surface area contributed by atoms with Crippen molar-refractivity contribution >= 4 is 16.8 Å². The summed E-state index contributed by atoms with van der Waals surface area (Å²) in [5, 5.41) is 4.17. The number of rotatable bonds is 7. The SMILES string of the molecule is COc1ccc2[nH]cc(CCNC(=O)CCc3ccc4c(c3)CCO4)c2c1. The van der Waals surface area contributed by atoms with Crippen molar-refractivity contribution in [2.24, 2.45) is 0 Å². The van der Waals surface area contributed by atoms with Crippen LogP contribution in [0.2, 0.25) is 0 Å². The number of amides is 1. The van der Waals surface area contributed by atoms with Crippen molar-refractivity contribution in [3.8, 4) is 11.5 Å². The molecule has 5 nitrogen and oxygen atoms in total. The zero-order valence-corrected chi connectivity index (χ0v) is 15.5. The molecule has 2 heterocycles. The molecule has 1 aromatic heterocycles. The molecule has 0 saturated carbocycles. The van der Waals surface area contributed by atoms with E-state index in [1.807, 2.05) is 30.5 Å². The molecule has 0 unspecified atom stereocenters. The van der Waals surface area contributed by atoms with Crippen LogP contribution in [0.3, 0.4) is 0 Å². The van der Waals surface area contributed by atoms with Gasteiger partial charge in [-0.05, 0) is 53.8 Å². The Kier molecular flexibility index (Phi) is 5.01. The number of ether oxygens (including phenoxy) is 2. The van der Waals surface area contributed by atoms with Crippen molar-refractivity contribution in [2.45, 2.75) is 25.7 Å². The number of methoxy groups -OCH3 is 1. The van der Waals surface area contributed by atoms with Crippen LogP contribution in [0.15, 0.2) is 42.6 Å². The summed E-state index contributed by atoms with van der Waals surface area (Å²) in [5.41, 5.74) is 4.71. The van der Waals surface area contributed by atoms with Gasteiger partial charge in [0, 0.05) is 36.5 Å². The molecule has 0 radical (unpaired) electrons. The molecule has 0 spiro atoms. The highest BCUT2D eigenvalue weighted by Gasteiger charge is 2.12. The Morgan fingerprint density at radius 2 is 2.15 bits per heavy atom. The fourth-order valence-electron chi connectivity index (χ4n) is 3.57. The second-order valence-electron chi connectivity index (χ2n) is 6.87. The van der Waals surface area contributed by atoms with Gasteiger partial charge < -0.3 is 19.8 Å². The molecular weight excluding hydrogens is 340 g/mol. The fraction of sp³-hybridized carbons (Fsp3) is 0.318. The van der Waals surface area contributed by atoms with Crippen LogP contribution in [0.25, 0.3) is 10.9 Å². The molecule has 0 aliphatic carbocycles. The van der Waals surface area contributed by atoms with Gasteiger partial charge in [-0.3, -0.25) is 4.79 Å². The largest absolute Gasteiger partial charge is 0.497 e. The lowest BCUT2D eigenvalue weighted by Crippen LogP contribution is -2.25. The van der Waals surface area contributed by atoms with Crippen LogP contribution < -0.4 is 14.8 Å². The maximum Gasteiger partial charge on any atom is 0.220 e. The lowest BCUT2D eigenvalue weighted by atomic mass is 10.0. The molecule has 4 rings (SSSR count). The van der Waals surface area contributed by atoms with Crippen molar-refractivity contribution in [1.82, 2.24) is 10.3 Å². The lowest BCUT2D eigenvalue weighted by molar-refractivity contribution is -0.121. The molecule has 1 aliphatic rings. The number of carbonyl (C=O) groups is 1. The quantitative estimate of drug-likeness (QED) is 0.675. The van der Waals surface area contributed by atoms with Gasteiger partial charge in [0.05, 0.1) is 13.7 Å². The van der Waals surface area contributed by atoms with E-state index in [0.29, 0.717) is 13.0 Å². The first kappa shape index (κ1) is 17.5. The predicted octanol–water partition coefficient (Wildman–Crippen LogP) is 3.40. The van der Waals surface area contributed by atoms with Crippen LogP contribution in [-0.4, -0.2) is 31.2 Å². The molecule has 0 saturated heterocycles. The highest BCUT2D eigenvalue weighted by Crippen LogP contribution is 2.26. The summed E-state index contributed by atoms with van der Waals surface area (Å²) in [6.07, 6.45) is 5.01. The number of hydrogen-bond acceptors (Lipinski definition) is 3. The molecule has 27 heavy (non-hydrogen) atoms. The standard InChI is InChI=1S/C22H24N2O3/c1-26-18-4-5-20-19(13-18)17(14-24-20)8-10-23-22(25)7-3-15-2-6-21-16(12-15)9-11-27-21/h2,4-6,12-14,24H,3,7-11H2,1H3,(H,23,25). The first-order valence-corrected chi connectivity index (χ1v) is 9.38. The third kappa shape index (κ3) is 3.92. The molecule has 5 heteroatoms. The number of aromatic nitrogens is 1. The number of benzene rings is 2. The fourth-order valence-corrected chi connectivity index (χ4v) is 3.57. The average Bonchev–Trinajstić information content (AvgIpc) is 3.32. The van der Waals surface area contributed by atoms with Gasteiger partial charge in [0.2, 0.25) is 5.91 Å². The number of carbonyl (C=O) groups excluding carboxylic acids is 1. The highest BCUT2D eigenvalue weighted by atomic mass is 16.5. The summed E-state index contributed by atoms with van der Waals surface area (Å²) in [4.78, 5) is 15.4. The summed E-state index contributed by atoms with van der Waals surface area (Å²) >= 11 is 0. The Bertz CT molecular complexity index is 961. The van der Waals surface area contributed by atoms with Crippen molar-refractivity contribution < 1.29 is 14.3 Å². The van der Waals surface area contributed by atoms with E-state index in [-0.39, 0.29) is 5.91 Å². The van der Waals surface area contributed by atoms with E-state index in [0.717, 1.165) is 48.3 Å². The summed E-state index contributed by atoms with van der Waals surface area (Å²) in [6.45, 7) is 1.39. The van der Waals surface area contributed by atoms with E-state index >= 15 is 0 Å². The number of aromatic amines is 1. The normalized spacial score (nSPS) is 12.6. The van der Waals surface area contributed by atoms with Gasteiger partial charge >= 0.3 is 0 Å². The number of hydrogen-bond donors (Lipinski definition) is 2. The number of nitrogens with one attached hydrogen (secondary N) is 2. The van der Waals surface area contributed by atoms with Gasteiger partial charge in [-0.15, -0.1) is 0 Å². The van der Waals surface area contributed by atoms with Gasteiger partial charge in [0.1, 0.15) is 11.5 Å². The summed E-state index contributed by atoms with van der Waals surface area (Å²) < 4.78 is 10.8. The average molecular weight is 364 g/mol. The molecule has 0 fully saturated rings. The number of fused-ring (bicyclic) bond motifs is 2. The van der Waals surface area contributed by atoms with E-state index in [2.05, 4.69) is 22.4 Å². The van der Waals surface area contributed by atoms with Crippen LogP contribution in [0.1, 0.15) is 23.1 Å². The Morgan fingerprint density at radius 1 is 1.22 bits per heavy atom. The lowest BCUT2D eigenvalue weighted by Gasteiger charge is -2.07. The molecule has 0 bridgehead atoms. The van der Waals surface area contributed by atoms with E-state index in [4.69, 9.17) is 9.47 Å². The maximum absolute atomic E-state index is 12.2. The molecule has 3 aromatic rings. The Hall–Kier alpha value is -2.95. The van der Waals surface area contributed by atoms with Crippen LogP contribution in [0.4, 0.5) is 0 Å². The summed E-state index contributed by atoms with van der Waals surface area (Å²) in [6, 6.07) is 12.2. The van der Waals surface area contributed by atoms with Crippen LogP contribution in [0.5, 0.6) is 11.5 Å². The minimum atomic E-state index is 0.0872. The Balaban J connectivity index is 1.27. The van der Waals surface area contributed by atoms with E-state index < -0.39 is 0 Å². The molecule has 2 N–H and O–H groups in total. The Morgan fingerprint density at radius 3 is 3.04 bits per heavy atom. The van der Waals surface area contributed by atoms with Gasteiger partial charge in [-0.1, -0.05) is 12.1 Å². The first-order valence-electron chi connectivity index (χ1n) is 9.38. The summed E-state index contributed by atoms with van der Waals surface area (Å²) in [7, 11) is 1.67. The molecular formula is C22H24N2O3.